The van der Waals surface area contributed by atoms with E-state index in [4.69, 9.17) is 23.2 Å². The second-order valence-electron chi connectivity index (χ2n) is 7.61. The van der Waals surface area contributed by atoms with E-state index >= 15 is 0 Å². The number of carbonyl (C=O) groups is 1. The molecule has 0 aliphatic carbocycles. The summed E-state index contributed by atoms with van der Waals surface area (Å²) in [6.45, 7) is 3.80. The van der Waals surface area contributed by atoms with Gasteiger partial charge in [0.2, 0.25) is 15.9 Å². The highest BCUT2D eigenvalue weighted by Gasteiger charge is 2.35. The van der Waals surface area contributed by atoms with Gasteiger partial charge in [0.05, 0.1) is 17.6 Å². The topological polar surface area (TPSA) is 57.7 Å². The molecule has 3 aromatic rings. The van der Waals surface area contributed by atoms with Crippen molar-refractivity contribution in [3.8, 4) is 0 Å². The Kier molecular flexibility index (Phi) is 7.26. The van der Waals surface area contributed by atoms with Gasteiger partial charge in [0, 0.05) is 23.0 Å². The lowest BCUT2D eigenvalue weighted by atomic mass is 9.93. The largest absolute Gasteiger partial charge is 0.330 e. The quantitative estimate of drug-likeness (QED) is 0.391. The predicted octanol–water partition coefficient (Wildman–Crippen LogP) is 5.41. The fraction of sp³-hybridized carbons (Fsp3) is 0.208. The monoisotopic (exact) mass is 520 g/mol. The van der Waals surface area contributed by atoms with Gasteiger partial charge in [-0.1, -0.05) is 59.6 Å². The van der Waals surface area contributed by atoms with E-state index in [1.807, 2.05) is 41.8 Å². The molecule has 5 nitrogen and oxygen atoms in total. The number of nitrogens with zero attached hydrogens (tertiary/aromatic N) is 2. The second-order valence-corrected chi connectivity index (χ2v) is 11.4. The first-order valence-corrected chi connectivity index (χ1v) is 13.4. The maximum Gasteiger partial charge on any atom is 0.245 e. The Morgan fingerprint density at radius 1 is 1.18 bits per heavy atom. The van der Waals surface area contributed by atoms with Crippen molar-refractivity contribution in [3.63, 3.8) is 0 Å². The van der Waals surface area contributed by atoms with Gasteiger partial charge in [-0.2, -0.15) is 4.31 Å². The van der Waals surface area contributed by atoms with Crippen LogP contribution in [-0.4, -0.2) is 43.2 Å². The van der Waals surface area contributed by atoms with Crippen molar-refractivity contribution >= 4 is 50.5 Å². The van der Waals surface area contributed by atoms with Crippen LogP contribution in [0, 0.1) is 0 Å². The summed E-state index contributed by atoms with van der Waals surface area (Å²) in [6.07, 6.45) is 2.18. The van der Waals surface area contributed by atoms with Gasteiger partial charge in [-0.3, -0.25) is 4.79 Å². The number of carbonyl (C=O) groups excluding carboxylic acids is 1. The van der Waals surface area contributed by atoms with E-state index in [-0.39, 0.29) is 40.0 Å². The minimum absolute atomic E-state index is 0.0372. The van der Waals surface area contributed by atoms with Gasteiger partial charge < -0.3 is 4.90 Å². The van der Waals surface area contributed by atoms with Crippen molar-refractivity contribution < 1.29 is 13.2 Å². The summed E-state index contributed by atoms with van der Waals surface area (Å²) in [5.74, 6) is -0.288. The van der Waals surface area contributed by atoms with Gasteiger partial charge in [0.25, 0.3) is 0 Å². The van der Waals surface area contributed by atoms with Crippen LogP contribution in [-0.2, 0) is 21.2 Å². The number of fused-ring (bicyclic) bond motifs is 1. The lowest BCUT2D eigenvalue weighted by Gasteiger charge is -2.37. The number of halogens is 2. The van der Waals surface area contributed by atoms with Crippen LogP contribution in [0.2, 0.25) is 10.0 Å². The number of thiophene rings is 1. The summed E-state index contributed by atoms with van der Waals surface area (Å²) < 4.78 is 27.9. The summed E-state index contributed by atoms with van der Waals surface area (Å²) >= 11 is 13.9. The molecule has 1 atom stereocenters. The minimum atomic E-state index is -4.08. The highest BCUT2D eigenvalue weighted by molar-refractivity contribution is 7.89. The van der Waals surface area contributed by atoms with Crippen molar-refractivity contribution in [2.24, 2.45) is 0 Å². The summed E-state index contributed by atoms with van der Waals surface area (Å²) in [5.41, 5.74) is 2.07. The molecule has 1 aliphatic rings. The zero-order valence-electron chi connectivity index (χ0n) is 17.7. The molecule has 2 aromatic carbocycles. The number of benzene rings is 2. The summed E-state index contributed by atoms with van der Waals surface area (Å²) in [7, 11) is -4.08. The zero-order valence-corrected chi connectivity index (χ0v) is 20.8. The summed E-state index contributed by atoms with van der Waals surface area (Å²) in [5, 5.41) is 2.32. The predicted molar refractivity (Wildman–Crippen MR) is 133 cm³/mol. The summed E-state index contributed by atoms with van der Waals surface area (Å²) in [6, 6.07) is 15.8. The van der Waals surface area contributed by atoms with Crippen LogP contribution < -0.4 is 0 Å². The molecular formula is C24H22Cl2N2O3S2. The molecule has 2 heterocycles. The number of amides is 1. The molecule has 4 rings (SSSR count). The fourth-order valence-electron chi connectivity index (χ4n) is 4.03. The molecule has 0 fully saturated rings. The second kappa shape index (κ2) is 9.99. The molecule has 1 aliphatic heterocycles. The Bertz CT molecular complexity index is 1280. The van der Waals surface area contributed by atoms with Crippen LogP contribution in [0.25, 0.3) is 0 Å². The molecule has 0 saturated heterocycles. The lowest BCUT2D eigenvalue weighted by Crippen LogP contribution is -2.46. The standard InChI is InChI=1S/C24H22Cl2N2O3S2/c1-2-12-27(33(30,31)22-15-18(25)8-9-20(22)26)16-23(29)28-13-10-21-19(11-14-32-21)24(28)17-6-4-3-5-7-17/h2-9,11,14-15,24H,1,10,12-13,16H2. The maximum atomic E-state index is 13.6. The Labute approximate surface area is 207 Å². The smallest absolute Gasteiger partial charge is 0.245 e. The molecule has 1 amide bonds. The normalized spacial score (nSPS) is 16.0. The third-order valence-corrected chi connectivity index (χ3v) is 9.08. The van der Waals surface area contributed by atoms with Gasteiger partial charge in [-0.05, 0) is 47.2 Å². The van der Waals surface area contributed by atoms with Crippen LogP contribution in [0.4, 0.5) is 0 Å². The minimum Gasteiger partial charge on any atom is -0.330 e. The molecule has 0 radical (unpaired) electrons. The Hall–Kier alpha value is -2.16. The first-order chi connectivity index (χ1) is 15.8. The SMILES string of the molecule is C=CCN(CC(=O)N1CCc2sccc2C1c1ccccc1)S(=O)(=O)c1cc(Cl)ccc1Cl. The van der Waals surface area contributed by atoms with Crippen LogP contribution >= 0.6 is 34.5 Å². The Morgan fingerprint density at radius 3 is 2.67 bits per heavy atom. The van der Waals surface area contributed by atoms with Crippen LogP contribution in [0.3, 0.4) is 0 Å². The molecule has 172 valence electrons. The van der Waals surface area contributed by atoms with Crippen LogP contribution in [0.5, 0.6) is 0 Å². The number of rotatable bonds is 7. The molecule has 9 heteroatoms. The highest BCUT2D eigenvalue weighted by Crippen LogP contribution is 2.38. The fourth-order valence-corrected chi connectivity index (χ4v) is 7.03. The van der Waals surface area contributed by atoms with E-state index in [1.54, 1.807) is 16.2 Å². The molecule has 0 bridgehead atoms. The first-order valence-electron chi connectivity index (χ1n) is 10.3. The average molecular weight is 521 g/mol. The van der Waals surface area contributed by atoms with E-state index in [0.717, 1.165) is 21.9 Å². The van der Waals surface area contributed by atoms with Crippen LogP contribution in [0.1, 0.15) is 22.0 Å². The third-order valence-electron chi connectivity index (χ3n) is 5.56. The Balaban J connectivity index is 1.67. The molecule has 0 spiro atoms. The molecule has 0 N–H and O–H groups in total. The van der Waals surface area contributed by atoms with E-state index in [9.17, 15) is 13.2 Å². The molecule has 33 heavy (non-hydrogen) atoms. The lowest BCUT2D eigenvalue weighted by molar-refractivity contribution is -0.133. The molecular weight excluding hydrogens is 499 g/mol. The highest BCUT2D eigenvalue weighted by atomic mass is 35.5. The number of sulfonamides is 1. The first kappa shape index (κ1) is 24.0. The van der Waals surface area contributed by atoms with Crippen molar-refractivity contribution in [1.82, 2.24) is 9.21 Å². The van der Waals surface area contributed by atoms with E-state index in [1.165, 1.54) is 29.2 Å². The van der Waals surface area contributed by atoms with E-state index in [0.29, 0.717) is 6.54 Å². The van der Waals surface area contributed by atoms with Crippen molar-refractivity contribution in [3.05, 3.63) is 98.7 Å². The van der Waals surface area contributed by atoms with Gasteiger partial charge in [-0.25, -0.2) is 8.42 Å². The van der Waals surface area contributed by atoms with Crippen molar-refractivity contribution in [1.29, 1.82) is 0 Å². The maximum absolute atomic E-state index is 13.6. The van der Waals surface area contributed by atoms with Crippen molar-refractivity contribution in [2.45, 2.75) is 17.4 Å². The number of hydrogen-bond donors (Lipinski definition) is 0. The molecule has 0 saturated carbocycles. The van der Waals surface area contributed by atoms with Crippen LogP contribution in [0.15, 0.2) is 77.5 Å². The Morgan fingerprint density at radius 2 is 1.94 bits per heavy atom. The van der Waals surface area contributed by atoms with Crippen molar-refractivity contribution in [2.75, 3.05) is 19.6 Å². The van der Waals surface area contributed by atoms with E-state index < -0.39 is 10.0 Å². The van der Waals surface area contributed by atoms with Gasteiger partial charge in [0.15, 0.2) is 0 Å². The van der Waals surface area contributed by atoms with Gasteiger partial charge >= 0.3 is 0 Å². The molecule has 1 aromatic heterocycles. The average Bonchev–Trinajstić information content (AvgIpc) is 3.29. The molecule has 1 unspecified atom stereocenters. The van der Waals surface area contributed by atoms with Gasteiger partial charge in [0.1, 0.15) is 4.90 Å². The third kappa shape index (κ3) is 4.88. The van der Waals surface area contributed by atoms with E-state index in [2.05, 4.69) is 6.58 Å². The zero-order chi connectivity index (χ0) is 23.6. The number of hydrogen-bond acceptors (Lipinski definition) is 4. The summed E-state index contributed by atoms with van der Waals surface area (Å²) in [4.78, 5) is 16.4. The van der Waals surface area contributed by atoms with Gasteiger partial charge in [-0.15, -0.1) is 17.9 Å².